The zero-order valence-corrected chi connectivity index (χ0v) is 24.4. The van der Waals surface area contributed by atoms with E-state index in [0.29, 0.717) is 36.4 Å². The first-order valence-corrected chi connectivity index (χ1v) is 16.5. The Balaban J connectivity index is 1.14. The van der Waals surface area contributed by atoms with Crippen molar-refractivity contribution in [2.75, 3.05) is 13.1 Å². The van der Waals surface area contributed by atoms with Gasteiger partial charge in [-0.15, -0.1) is 11.3 Å². The first-order chi connectivity index (χ1) is 19.5. The van der Waals surface area contributed by atoms with Gasteiger partial charge in [0.05, 0.1) is 11.0 Å². The molecule has 1 aromatic carbocycles. The van der Waals surface area contributed by atoms with Gasteiger partial charge in [-0.05, 0) is 73.4 Å². The Hall–Kier alpha value is -3.11. The van der Waals surface area contributed by atoms with E-state index in [9.17, 15) is 28.7 Å². The van der Waals surface area contributed by atoms with E-state index in [1.807, 2.05) is 23.1 Å². The highest BCUT2D eigenvalue weighted by atomic mass is 32.1. The maximum absolute atomic E-state index is 13.8. The van der Waals surface area contributed by atoms with Crippen LogP contribution in [-0.4, -0.2) is 73.5 Å². The Morgan fingerprint density at radius 2 is 1.93 bits per heavy atom. The van der Waals surface area contributed by atoms with Crippen LogP contribution in [0.5, 0.6) is 0 Å². The molecule has 216 valence electrons. The second kappa shape index (κ2) is 10.6. The van der Waals surface area contributed by atoms with Gasteiger partial charge < -0.3 is 24.9 Å². The Bertz CT molecular complexity index is 1550. The van der Waals surface area contributed by atoms with Crippen molar-refractivity contribution >= 4 is 46.7 Å². The minimum atomic E-state index is -4.21. The number of aromatic nitrogens is 1. The molecule has 2 aromatic heterocycles. The fraction of sp³-hybridized carbons (Fsp3) is 0.448. The van der Waals surface area contributed by atoms with Gasteiger partial charge >= 0.3 is 7.60 Å². The van der Waals surface area contributed by atoms with E-state index in [1.54, 1.807) is 35.4 Å². The second-order valence-corrected chi connectivity index (χ2v) is 14.5. The summed E-state index contributed by atoms with van der Waals surface area (Å²) in [6.45, 7) is 3.23. The van der Waals surface area contributed by atoms with E-state index in [-0.39, 0.29) is 35.3 Å². The summed E-state index contributed by atoms with van der Waals surface area (Å²) in [5.74, 6) is -0.595. The molecule has 3 amide bonds. The molecule has 0 spiro atoms. The van der Waals surface area contributed by atoms with Gasteiger partial charge in [0.1, 0.15) is 12.1 Å². The summed E-state index contributed by atoms with van der Waals surface area (Å²) < 4.78 is 12.2. The van der Waals surface area contributed by atoms with Crippen molar-refractivity contribution in [3.8, 4) is 0 Å². The number of likely N-dealkylation sites (tertiary alicyclic amines) is 1. The van der Waals surface area contributed by atoms with Gasteiger partial charge in [0.15, 0.2) is 0 Å². The third-order valence-electron chi connectivity index (χ3n) is 8.54. The summed E-state index contributed by atoms with van der Waals surface area (Å²) in [4.78, 5) is 67.7. The van der Waals surface area contributed by atoms with Crippen LogP contribution in [-0.2, 0) is 25.7 Å². The monoisotopic (exact) mass is 596 g/mol. The van der Waals surface area contributed by atoms with E-state index >= 15 is 0 Å². The third-order valence-corrected chi connectivity index (χ3v) is 10.4. The van der Waals surface area contributed by atoms with E-state index in [2.05, 4.69) is 17.2 Å². The van der Waals surface area contributed by atoms with Crippen molar-refractivity contribution < 1.29 is 28.7 Å². The summed E-state index contributed by atoms with van der Waals surface area (Å²) in [6.07, 6.45) is 4.89. The van der Waals surface area contributed by atoms with Crippen LogP contribution in [0.3, 0.4) is 0 Å². The topological polar surface area (TPSA) is 140 Å². The molecule has 12 heteroatoms. The van der Waals surface area contributed by atoms with Crippen LogP contribution in [0.15, 0.2) is 48.7 Å². The van der Waals surface area contributed by atoms with Crippen LogP contribution in [0.25, 0.3) is 10.1 Å². The number of carbonyl (C=O) groups is 3. The molecule has 3 N–H and O–H groups in total. The van der Waals surface area contributed by atoms with Gasteiger partial charge in [-0.3, -0.25) is 23.9 Å². The first kappa shape index (κ1) is 28.0. The molecule has 0 unspecified atom stereocenters. The summed E-state index contributed by atoms with van der Waals surface area (Å²) >= 11 is 1.27. The molecule has 10 nitrogen and oxygen atoms in total. The first-order valence-electron chi connectivity index (χ1n) is 13.9. The standard InChI is InChI=1S/C29H33N4O6PS/c1-29(25-7-2-3-12-30-25)16-32(17-29)28(36)22-10-9-20-5-4-6-21(27(35)33(20)22)31-26(34)24-14-19-13-18(15-40(37,38)39)8-11-23(19)41-24/h2-3,7-8,11-14,20-22H,4-6,9-10,15-17H2,1H3,(H,31,34)(H2,37,38,39)/t20-,21-,22-/m0/s1. The Kier molecular flexibility index (Phi) is 7.26. The largest absolute Gasteiger partial charge is 0.340 e. The molecule has 6 rings (SSSR count). The highest BCUT2D eigenvalue weighted by Crippen LogP contribution is 2.40. The number of pyridine rings is 1. The summed E-state index contributed by atoms with van der Waals surface area (Å²) in [7, 11) is -4.21. The van der Waals surface area contributed by atoms with Crippen molar-refractivity contribution in [2.45, 2.75) is 68.7 Å². The number of carbonyl (C=O) groups excluding carboxylic acids is 3. The maximum atomic E-state index is 13.8. The molecule has 3 aromatic rings. The zero-order valence-electron chi connectivity index (χ0n) is 22.7. The Morgan fingerprint density at radius 1 is 1.12 bits per heavy atom. The highest BCUT2D eigenvalue weighted by molar-refractivity contribution is 7.50. The molecule has 41 heavy (non-hydrogen) atoms. The number of benzene rings is 1. The van der Waals surface area contributed by atoms with Crippen LogP contribution >= 0.6 is 18.9 Å². The second-order valence-electron chi connectivity index (χ2n) is 11.7. The minimum Gasteiger partial charge on any atom is -0.340 e. The fourth-order valence-corrected chi connectivity index (χ4v) is 8.17. The Labute approximate surface area is 241 Å². The van der Waals surface area contributed by atoms with Crippen molar-refractivity contribution in [2.24, 2.45) is 0 Å². The lowest BCUT2D eigenvalue weighted by atomic mass is 9.78. The molecule has 3 saturated heterocycles. The smallest absolute Gasteiger partial charge is 0.329 e. The zero-order chi connectivity index (χ0) is 28.9. The summed E-state index contributed by atoms with van der Waals surface area (Å²) in [5, 5.41) is 3.64. The number of nitrogens with one attached hydrogen (secondary N) is 1. The molecule has 0 radical (unpaired) electrons. The van der Waals surface area contributed by atoms with E-state index in [4.69, 9.17) is 0 Å². The van der Waals surface area contributed by atoms with Gasteiger partial charge in [-0.2, -0.15) is 0 Å². The third kappa shape index (κ3) is 5.56. The molecule has 0 bridgehead atoms. The van der Waals surface area contributed by atoms with Crippen molar-refractivity contribution in [1.29, 1.82) is 0 Å². The lowest BCUT2D eigenvalue weighted by Crippen LogP contribution is -2.64. The van der Waals surface area contributed by atoms with E-state index in [0.717, 1.165) is 35.0 Å². The average molecular weight is 597 g/mol. The predicted octanol–water partition coefficient (Wildman–Crippen LogP) is 3.42. The summed E-state index contributed by atoms with van der Waals surface area (Å²) in [5.41, 5.74) is 1.25. The summed E-state index contributed by atoms with van der Waals surface area (Å²) in [6, 6.07) is 11.3. The van der Waals surface area contributed by atoms with Gasteiger partial charge in [0.2, 0.25) is 11.8 Å². The molecule has 0 aliphatic carbocycles. The molecular weight excluding hydrogens is 563 g/mol. The number of amides is 3. The quantitative estimate of drug-likeness (QED) is 0.371. The molecule has 5 heterocycles. The average Bonchev–Trinajstić information content (AvgIpc) is 3.50. The highest BCUT2D eigenvalue weighted by Gasteiger charge is 2.50. The lowest BCUT2D eigenvalue weighted by Gasteiger charge is -2.49. The van der Waals surface area contributed by atoms with Crippen LogP contribution < -0.4 is 5.32 Å². The van der Waals surface area contributed by atoms with Crippen molar-refractivity contribution in [1.82, 2.24) is 20.1 Å². The van der Waals surface area contributed by atoms with Gasteiger partial charge in [0, 0.05) is 41.1 Å². The Morgan fingerprint density at radius 3 is 2.66 bits per heavy atom. The van der Waals surface area contributed by atoms with E-state index < -0.39 is 19.7 Å². The molecule has 3 fully saturated rings. The van der Waals surface area contributed by atoms with E-state index in [1.165, 1.54) is 11.3 Å². The normalized spacial score (nSPS) is 24.1. The number of fused-ring (bicyclic) bond motifs is 2. The maximum Gasteiger partial charge on any atom is 0.329 e. The SMILES string of the molecule is CC1(c2ccccn2)CN(C(=O)[C@@H]2CC[C@@H]3CCC[C@H](NC(=O)c4cc5cc(CP(=O)(O)O)ccc5s4)C(=O)N32)C1. The van der Waals surface area contributed by atoms with Crippen molar-refractivity contribution in [3.63, 3.8) is 0 Å². The van der Waals surface area contributed by atoms with Crippen LogP contribution in [0.4, 0.5) is 0 Å². The minimum absolute atomic E-state index is 0.00132. The number of nitrogens with zero attached hydrogens (tertiary/aromatic N) is 3. The van der Waals surface area contributed by atoms with Crippen LogP contribution in [0, 0.1) is 0 Å². The molecule has 3 aliphatic heterocycles. The number of hydrogen-bond donors (Lipinski definition) is 3. The number of thiophene rings is 1. The van der Waals surface area contributed by atoms with Gasteiger partial charge in [-0.1, -0.05) is 19.1 Å². The fourth-order valence-electron chi connectivity index (χ4n) is 6.55. The molecular formula is C29H33N4O6PS. The van der Waals surface area contributed by atoms with Crippen LogP contribution in [0.2, 0.25) is 0 Å². The van der Waals surface area contributed by atoms with Crippen molar-refractivity contribution in [3.05, 3.63) is 64.8 Å². The van der Waals surface area contributed by atoms with Crippen LogP contribution in [0.1, 0.15) is 60.0 Å². The molecule has 3 aliphatic rings. The predicted molar refractivity (Wildman–Crippen MR) is 155 cm³/mol. The van der Waals surface area contributed by atoms with Gasteiger partial charge in [0.25, 0.3) is 5.91 Å². The van der Waals surface area contributed by atoms with Gasteiger partial charge in [-0.25, -0.2) is 0 Å². The number of rotatable bonds is 6. The number of hydrogen-bond acceptors (Lipinski definition) is 6. The lowest BCUT2D eigenvalue weighted by molar-refractivity contribution is -0.150. The molecule has 3 atom stereocenters. The molecule has 0 saturated carbocycles.